The molecule has 0 radical (unpaired) electrons. The van der Waals surface area contributed by atoms with E-state index in [-0.39, 0.29) is 24.2 Å². The number of pyridine rings is 1. The van der Waals surface area contributed by atoms with E-state index in [9.17, 15) is 4.79 Å². The van der Waals surface area contributed by atoms with Crippen LogP contribution in [0.25, 0.3) is 10.9 Å². The maximum absolute atomic E-state index is 13.3. The minimum Gasteiger partial charge on any atom is -0.303 e. The van der Waals surface area contributed by atoms with Gasteiger partial charge in [0, 0.05) is 41.2 Å². The molecule has 3 atom stereocenters. The van der Waals surface area contributed by atoms with E-state index in [1.54, 1.807) is 12.4 Å². The van der Waals surface area contributed by atoms with Gasteiger partial charge in [0.25, 0.3) is 0 Å². The third-order valence-corrected chi connectivity index (χ3v) is 6.47. The number of nitrogens with one attached hydrogen (secondary N) is 1. The SMILES string of the molecule is CC[C@@H]1c2[nH]nc3cncc(c23)C(=O)C1C1CN2CCC1CC2.Cl. The van der Waals surface area contributed by atoms with E-state index >= 15 is 0 Å². The Morgan fingerprint density at radius 1 is 1.29 bits per heavy atom. The normalized spacial score (nSPS) is 34.4. The molecule has 2 aromatic rings. The number of Topliss-reactive ketones (excluding diaryl/α,β-unsaturated/α-hetero) is 1. The van der Waals surface area contributed by atoms with Crippen molar-refractivity contribution >= 4 is 29.1 Å². The van der Waals surface area contributed by atoms with Gasteiger partial charge in [0.1, 0.15) is 5.52 Å². The molecule has 5 heterocycles. The first-order valence-electron chi connectivity index (χ1n) is 8.86. The number of H-pyrrole nitrogens is 1. The first kappa shape index (κ1) is 16.0. The molecular weight excluding hydrogens is 324 g/mol. The fraction of sp³-hybridized carbons (Fsp3) is 0.611. The molecule has 6 heteroatoms. The van der Waals surface area contributed by atoms with Crippen LogP contribution in [-0.4, -0.2) is 45.5 Å². The molecule has 128 valence electrons. The minimum atomic E-state index is 0. The first-order valence-corrected chi connectivity index (χ1v) is 8.86. The molecule has 0 aromatic carbocycles. The highest BCUT2D eigenvalue weighted by Gasteiger charge is 2.47. The second kappa shape index (κ2) is 5.81. The molecule has 1 N–H and O–H groups in total. The highest BCUT2D eigenvalue weighted by molar-refractivity contribution is 6.11. The van der Waals surface area contributed by atoms with E-state index < -0.39 is 0 Å². The number of carbonyl (C=O) groups is 1. The molecule has 1 aliphatic carbocycles. The van der Waals surface area contributed by atoms with Gasteiger partial charge in [-0.3, -0.25) is 14.9 Å². The number of aromatic amines is 1. The van der Waals surface area contributed by atoms with Crippen LogP contribution in [0.4, 0.5) is 0 Å². The van der Waals surface area contributed by atoms with Gasteiger partial charge in [-0.2, -0.15) is 5.10 Å². The van der Waals surface area contributed by atoms with E-state index in [2.05, 4.69) is 27.0 Å². The Morgan fingerprint density at radius 3 is 2.75 bits per heavy atom. The van der Waals surface area contributed by atoms with E-state index in [1.165, 1.54) is 31.6 Å². The smallest absolute Gasteiger partial charge is 0.169 e. The molecule has 0 amide bonds. The van der Waals surface area contributed by atoms with Crippen LogP contribution in [0.3, 0.4) is 0 Å². The van der Waals surface area contributed by atoms with Gasteiger partial charge in [-0.1, -0.05) is 6.92 Å². The van der Waals surface area contributed by atoms with Gasteiger partial charge in [-0.15, -0.1) is 12.4 Å². The molecule has 6 rings (SSSR count). The highest BCUT2D eigenvalue weighted by atomic mass is 35.5. The summed E-state index contributed by atoms with van der Waals surface area (Å²) in [7, 11) is 0. The second-order valence-corrected chi connectivity index (χ2v) is 7.43. The van der Waals surface area contributed by atoms with Gasteiger partial charge in [-0.25, -0.2) is 0 Å². The zero-order valence-electron chi connectivity index (χ0n) is 13.9. The first-order chi connectivity index (χ1) is 11.3. The number of halogens is 1. The molecule has 3 fully saturated rings. The average molecular weight is 347 g/mol. The van der Waals surface area contributed by atoms with Crippen LogP contribution in [-0.2, 0) is 0 Å². The van der Waals surface area contributed by atoms with Crippen LogP contribution in [0.1, 0.15) is 48.2 Å². The minimum absolute atomic E-state index is 0. The number of carbonyl (C=O) groups excluding carboxylic acids is 1. The van der Waals surface area contributed by atoms with Crippen molar-refractivity contribution in [3.8, 4) is 0 Å². The Balaban J connectivity index is 0.00000146. The number of rotatable bonds is 2. The molecule has 5 nitrogen and oxygen atoms in total. The maximum Gasteiger partial charge on any atom is 0.169 e. The molecular formula is C18H23ClN4O. The summed E-state index contributed by atoms with van der Waals surface area (Å²) in [6.45, 7) is 5.71. The summed E-state index contributed by atoms with van der Waals surface area (Å²) in [6, 6.07) is 0. The largest absolute Gasteiger partial charge is 0.303 e. The van der Waals surface area contributed by atoms with Gasteiger partial charge in [-0.05, 0) is 44.2 Å². The summed E-state index contributed by atoms with van der Waals surface area (Å²) in [6.07, 6.45) is 7.00. The van der Waals surface area contributed by atoms with E-state index in [4.69, 9.17) is 0 Å². The molecule has 2 aromatic heterocycles. The van der Waals surface area contributed by atoms with Crippen molar-refractivity contribution in [3.05, 3.63) is 23.7 Å². The summed E-state index contributed by atoms with van der Waals surface area (Å²) in [5.41, 5.74) is 2.79. The summed E-state index contributed by atoms with van der Waals surface area (Å²) < 4.78 is 0. The van der Waals surface area contributed by atoms with Gasteiger partial charge >= 0.3 is 0 Å². The summed E-state index contributed by atoms with van der Waals surface area (Å²) >= 11 is 0. The van der Waals surface area contributed by atoms with Gasteiger partial charge in [0.05, 0.1) is 6.20 Å². The van der Waals surface area contributed by atoms with Crippen LogP contribution in [0.5, 0.6) is 0 Å². The third kappa shape index (κ3) is 2.07. The van der Waals surface area contributed by atoms with Gasteiger partial charge < -0.3 is 4.90 Å². The lowest BCUT2D eigenvalue weighted by Gasteiger charge is -2.49. The summed E-state index contributed by atoms with van der Waals surface area (Å²) in [5.74, 6) is 1.87. The fourth-order valence-electron chi connectivity index (χ4n) is 5.36. The van der Waals surface area contributed by atoms with Crippen LogP contribution in [0, 0.1) is 17.8 Å². The van der Waals surface area contributed by atoms with Gasteiger partial charge in [0.15, 0.2) is 5.78 Å². The second-order valence-electron chi connectivity index (χ2n) is 7.43. The molecule has 24 heavy (non-hydrogen) atoms. The lowest BCUT2D eigenvalue weighted by molar-refractivity contribution is 0.0125. The number of fused-ring (bicyclic) bond motifs is 3. The number of hydrogen-bond acceptors (Lipinski definition) is 4. The van der Waals surface area contributed by atoms with Crippen LogP contribution < -0.4 is 0 Å². The standard InChI is InChI=1S/C18H22N4O.ClH/c1-2-11-15(13-9-22-5-3-10(13)4-6-22)18(23)12-7-19-8-14-16(12)17(11)21-20-14;/h7-8,10-11,13,15H,2-6,9H2,1H3,(H,20,21);1H/t11-,13?,15?;/m0./s1. The monoisotopic (exact) mass is 346 g/mol. The summed E-state index contributed by atoms with van der Waals surface area (Å²) in [4.78, 5) is 20.1. The number of ketones is 1. The Morgan fingerprint density at radius 2 is 2.08 bits per heavy atom. The highest BCUT2D eigenvalue weighted by Crippen LogP contribution is 2.48. The van der Waals surface area contributed by atoms with Gasteiger partial charge in [0.2, 0.25) is 0 Å². The summed E-state index contributed by atoms with van der Waals surface area (Å²) in [5, 5.41) is 8.66. The topological polar surface area (TPSA) is 61.9 Å². The van der Waals surface area contributed by atoms with Crippen LogP contribution in [0.15, 0.2) is 12.4 Å². The number of aromatic nitrogens is 3. The van der Waals surface area contributed by atoms with Crippen molar-refractivity contribution in [1.29, 1.82) is 0 Å². The molecule has 3 saturated heterocycles. The predicted molar refractivity (Wildman–Crippen MR) is 94.6 cm³/mol. The van der Waals surface area contributed by atoms with E-state index in [0.717, 1.165) is 29.4 Å². The van der Waals surface area contributed by atoms with Crippen LogP contribution >= 0.6 is 12.4 Å². The fourth-order valence-corrected chi connectivity index (χ4v) is 5.36. The quantitative estimate of drug-likeness (QED) is 0.908. The number of hydrogen-bond donors (Lipinski definition) is 1. The van der Waals surface area contributed by atoms with Crippen molar-refractivity contribution < 1.29 is 4.79 Å². The van der Waals surface area contributed by atoms with Crippen molar-refractivity contribution in [1.82, 2.24) is 20.1 Å². The molecule has 2 unspecified atom stereocenters. The van der Waals surface area contributed by atoms with Crippen molar-refractivity contribution in [3.63, 3.8) is 0 Å². The molecule has 3 aliphatic heterocycles. The molecule has 4 aliphatic rings. The van der Waals surface area contributed by atoms with Crippen LogP contribution in [0.2, 0.25) is 0 Å². The predicted octanol–water partition coefficient (Wildman–Crippen LogP) is 3.03. The molecule has 0 spiro atoms. The number of nitrogens with zero attached hydrogens (tertiary/aromatic N) is 3. The van der Waals surface area contributed by atoms with Crippen molar-refractivity contribution in [2.24, 2.45) is 17.8 Å². The maximum atomic E-state index is 13.3. The Bertz CT molecular complexity index is 780. The zero-order valence-corrected chi connectivity index (χ0v) is 14.7. The molecule has 2 bridgehead atoms. The van der Waals surface area contributed by atoms with E-state index in [0.29, 0.717) is 17.6 Å². The third-order valence-electron chi connectivity index (χ3n) is 6.47. The average Bonchev–Trinajstić information content (AvgIpc) is 3.03. The lowest BCUT2D eigenvalue weighted by Crippen LogP contribution is -2.52. The Labute approximate surface area is 147 Å². The lowest BCUT2D eigenvalue weighted by atomic mass is 9.63. The van der Waals surface area contributed by atoms with Crippen molar-refractivity contribution in [2.45, 2.75) is 32.1 Å². The molecule has 0 saturated carbocycles. The Kier molecular flexibility index (Phi) is 3.88. The Hall–Kier alpha value is -1.46. The zero-order chi connectivity index (χ0) is 15.6. The van der Waals surface area contributed by atoms with E-state index in [1.807, 2.05) is 0 Å². The van der Waals surface area contributed by atoms with Crippen molar-refractivity contribution in [2.75, 3.05) is 19.6 Å². The number of piperidine rings is 3.